The second-order valence-corrected chi connectivity index (χ2v) is 13.3. The number of aromatic amines is 2. The van der Waals surface area contributed by atoms with Crippen molar-refractivity contribution in [2.45, 2.75) is 65.9 Å². The lowest BCUT2D eigenvalue weighted by Gasteiger charge is -2.17. The van der Waals surface area contributed by atoms with Gasteiger partial charge < -0.3 is 24.2 Å². The molecular weight excluding hydrogens is 668 g/mol. The summed E-state index contributed by atoms with van der Waals surface area (Å²) in [7, 11) is 2.76. The SMILES string of the molecule is C=CCC(OC(=O)c1ccccc1)c1c(C)c2cc3cc(C)c(cc4nc(cc5nc(cc1[nH]2)C(C)=C5CCC(=O)OC)C(CCC(=O)OC)=C4C)[nH]3. The third kappa shape index (κ3) is 7.77. The molecule has 1 aromatic carbocycles. The molecule has 2 N–H and O–H groups in total. The van der Waals surface area contributed by atoms with Gasteiger partial charge in [-0.15, -0.1) is 6.58 Å². The first kappa shape index (κ1) is 36.8. The molecule has 53 heavy (non-hydrogen) atoms. The number of ether oxygens (including phenoxy) is 3. The smallest absolute Gasteiger partial charge is 0.338 e. The van der Waals surface area contributed by atoms with Gasteiger partial charge in [0.05, 0.1) is 42.6 Å². The van der Waals surface area contributed by atoms with Crippen molar-refractivity contribution in [1.29, 1.82) is 0 Å². The number of hydrogen-bond donors (Lipinski definition) is 2. The maximum absolute atomic E-state index is 13.4. The van der Waals surface area contributed by atoms with Gasteiger partial charge in [0, 0.05) is 46.9 Å². The highest BCUT2D eigenvalue weighted by atomic mass is 16.5. The Morgan fingerprint density at radius 1 is 0.736 bits per heavy atom. The van der Waals surface area contributed by atoms with Gasteiger partial charge >= 0.3 is 17.9 Å². The number of hydrogen-bond acceptors (Lipinski definition) is 8. The lowest BCUT2D eigenvalue weighted by molar-refractivity contribution is -0.141. The van der Waals surface area contributed by atoms with Crippen LogP contribution in [0.4, 0.5) is 0 Å². The maximum atomic E-state index is 13.4. The molecule has 0 radical (unpaired) electrons. The lowest BCUT2D eigenvalue weighted by atomic mass is 9.98. The molecule has 6 rings (SSSR count). The van der Waals surface area contributed by atoms with E-state index in [2.05, 4.69) is 22.6 Å². The van der Waals surface area contributed by atoms with E-state index in [0.717, 1.165) is 66.7 Å². The maximum Gasteiger partial charge on any atom is 0.338 e. The van der Waals surface area contributed by atoms with E-state index in [1.54, 1.807) is 30.3 Å². The second kappa shape index (κ2) is 15.7. The number of carbonyl (C=O) groups excluding carboxylic acids is 3. The number of rotatable bonds is 11. The van der Waals surface area contributed by atoms with Gasteiger partial charge in [0.25, 0.3) is 0 Å². The van der Waals surface area contributed by atoms with Crippen molar-refractivity contribution in [3.05, 3.63) is 118 Å². The molecule has 2 aliphatic heterocycles. The first-order chi connectivity index (χ1) is 25.5. The van der Waals surface area contributed by atoms with Gasteiger partial charge in [-0.05, 0) is 116 Å². The number of nitrogens with zero attached hydrogens (tertiary/aromatic N) is 2. The molecule has 5 heterocycles. The highest BCUT2D eigenvalue weighted by molar-refractivity contribution is 5.96. The largest absolute Gasteiger partial charge is 0.469 e. The van der Waals surface area contributed by atoms with Crippen LogP contribution in [0.15, 0.2) is 73.3 Å². The number of aromatic nitrogens is 4. The summed E-state index contributed by atoms with van der Waals surface area (Å²) in [5, 5.41) is 0. The Balaban J connectivity index is 1.64. The zero-order valence-electron chi connectivity index (χ0n) is 31.0. The number of nitrogens with one attached hydrogen (secondary N) is 2. The van der Waals surface area contributed by atoms with E-state index in [9.17, 15) is 14.4 Å². The van der Waals surface area contributed by atoms with Crippen molar-refractivity contribution >= 4 is 62.3 Å². The Morgan fingerprint density at radius 2 is 1.32 bits per heavy atom. The van der Waals surface area contributed by atoms with Crippen molar-refractivity contribution in [3.8, 4) is 0 Å². The molecule has 4 aromatic rings. The normalized spacial score (nSPS) is 13.2. The highest BCUT2D eigenvalue weighted by Crippen LogP contribution is 2.39. The van der Waals surface area contributed by atoms with Gasteiger partial charge in [-0.25, -0.2) is 14.8 Å². The molecule has 272 valence electrons. The summed E-state index contributed by atoms with van der Waals surface area (Å²) < 4.78 is 16.2. The van der Waals surface area contributed by atoms with Crippen molar-refractivity contribution < 1.29 is 28.6 Å². The Labute approximate surface area is 308 Å². The quantitative estimate of drug-likeness (QED) is 0.0893. The number of H-pyrrole nitrogens is 2. The molecule has 8 bridgehead atoms. The van der Waals surface area contributed by atoms with Gasteiger partial charge in [-0.3, -0.25) is 9.59 Å². The third-order valence-corrected chi connectivity index (χ3v) is 9.93. The fraction of sp³-hybridized carbons (Fsp3) is 0.279. The van der Waals surface area contributed by atoms with E-state index < -0.39 is 12.1 Å². The molecule has 0 saturated carbocycles. The summed E-state index contributed by atoms with van der Waals surface area (Å²) in [6.07, 6.45) is 2.69. The molecule has 0 amide bonds. The minimum absolute atomic E-state index is 0.169. The van der Waals surface area contributed by atoms with Gasteiger partial charge in [0.1, 0.15) is 6.10 Å². The minimum atomic E-state index is -0.645. The lowest BCUT2D eigenvalue weighted by Crippen LogP contribution is -2.12. The summed E-state index contributed by atoms with van der Waals surface area (Å²) in [6, 6.07) is 19.0. The van der Waals surface area contributed by atoms with Crippen molar-refractivity contribution in [2.24, 2.45) is 0 Å². The number of fused-ring (bicyclic) bond motifs is 8. The van der Waals surface area contributed by atoms with Crippen molar-refractivity contribution in [3.63, 3.8) is 0 Å². The zero-order chi connectivity index (χ0) is 37.8. The number of carbonyl (C=O) groups is 3. The van der Waals surface area contributed by atoms with E-state index in [-0.39, 0.29) is 24.8 Å². The van der Waals surface area contributed by atoms with Crippen LogP contribution in [0, 0.1) is 13.8 Å². The van der Waals surface area contributed by atoms with Crippen LogP contribution in [0.25, 0.3) is 44.4 Å². The van der Waals surface area contributed by atoms with Crippen LogP contribution in [0.2, 0.25) is 0 Å². The van der Waals surface area contributed by atoms with E-state index in [1.165, 1.54) is 14.2 Å². The molecule has 3 aromatic heterocycles. The number of aryl methyl sites for hydroxylation is 2. The number of esters is 3. The van der Waals surface area contributed by atoms with Crippen molar-refractivity contribution in [2.75, 3.05) is 14.2 Å². The van der Waals surface area contributed by atoms with Gasteiger partial charge in [-0.1, -0.05) is 24.3 Å². The molecule has 2 aliphatic rings. The van der Waals surface area contributed by atoms with E-state index in [1.807, 2.05) is 58.0 Å². The van der Waals surface area contributed by atoms with Crippen LogP contribution < -0.4 is 0 Å². The summed E-state index contributed by atoms with van der Waals surface area (Å²) in [5.41, 5.74) is 13.1. The minimum Gasteiger partial charge on any atom is -0.469 e. The van der Waals surface area contributed by atoms with Crippen LogP contribution in [-0.2, 0) is 23.8 Å². The Hall–Kier alpha value is -6.03. The average Bonchev–Trinajstić information content (AvgIpc) is 3.84. The molecule has 1 unspecified atom stereocenters. The molecule has 1 atom stereocenters. The van der Waals surface area contributed by atoms with E-state index >= 15 is 0 Å². The van der Waals surface area contributed by atoms with Gasteiger partial charge in [-0.2, -0.15) is 0 Å². The standard InChI is InChI=1S/C43H44N4O6/c1-8-12-39(53-43(50)28-13-10-9-11-14-28)42-27(5)33-20-29-19-24(2)32(44-29)21-34-25(3)30(15-17-40(48)51-6)36(45-34)23-37-31(16-18-41(49)52-7)26(4)35(46-37)22-38(42)47-33/h8-11,13-14,19-23,39,44,47H,1,12,15-18H2,2-7H3. The molecule has 10 heteroatoms. The van der Waals surface area contributed by atoms with Gasteiger partial charge in [0.15, 0.2) is 0 Å². The molecule has 0 spiro atoms. The summed E-state index contributed by atoms with van der Waals surface area (Å²) in [5.74, 6) is -1.06. The van der Waals surface area contributed by atoms with Crippen LogP contribution in [0.5, 0.6) is 0 Å². The Morgan fingerprint density at radius 3 is 1.89 bits per heavy atom. The topological polar surface area (TPSA) is 136 Å². The molecular formula is C43H44N4O6. The predicted molar refractivity (Wildman–Crippen MR) is 207 cm³/mol. The summed E-state index contributed by atoms with van der Waals surface area (Å²) in [4.78, 5) is 55.4. The van der Waals surface area contributed by atoms with Crippen LogP contribution in [-0.4, -0.2) is 52.1 Å². The zero-order valence-corrected chi connectivity index (χ0v) is 31.0. The van der Waals surface area contributed by atoms with E-state index in [4.69, 9.17) is 24.2 Å². The van der Waals surface area contributed by atoms with Crippen LogP contribution in [0.1, 0.15) is 102 Å². The average molecular weight is 713 g/mol. The third-order valence-electron chi connectivity index (χ3n) is 9.93. The summed E-state index contributed by atoms with van der Waals surface area (Å²) in [6.45, 7) is 12.0. The van der Waals surface area contributed by atoms with Crippen LogP contribution >= 0.6 is 0 Å². The molecule has 0 aliphatic carbocycles. The van der Waals surface area contributed by atoms with Crippen LogP contribution in [0.3, 0.4) is 0 Å². The molecule has 0 saturated heterocycles. The van der Waals surface area contributed by atoms with Gasteiger partial charge in [0.2, 0.25) is 0 Å². The first-order valence-corrected chi connectivity index (χ1v) is 17.6. The number of allylic oxidation sites excluding steroid dienone is 4. The van der Waals surface area contributed by atoms with E-state index in [0.29, 0.717) is 41.9 Å². The van der Waals surface area contributed by atoms with Crippen molar-refractivity contribution in [1.82, 2.24) is 19.9 Å². The fourth-order valence-corrected chi connectivity index (χ4v) is 6.93. The summed E-state index contributed by atoms with van der Waals surface area (Å²) >= 11 is 0. The fourth-order valence-electron chi connectivity index (χ4n) is 6.93. The Bertz CT molecular complexity index is 2340. The second-order valence-electron chi connectivity index (χ2n) is 13.3. The number of methoxy groups -OCH3 is 2. The molecule has 10 nitrogen and oxygen atoms in total. The first-order valence-electron chi connectivity index (χ1n) is 17.6. The number of benzene rings is 1. The monoisotopic (exact) mass is 712 g/mol. The molecule has 0 fully saturated rings. The predicted octanol–water partition coefficient (Wildman–Crippen LogP) is 9.17. The highest BCUT2D eigenvalue weighted by Gasteiger charge is 2.25. The Kier molecular flexibility index (Phi) is 10.9.